The lowest BCUT2D eigenvalue weighted by Gasteiger charge is -2.07. The first-order chi connectivity index (χ1) is 10.4. The Morgan fingerprint density at radius 2 is 1.95 bits per heavy atom. The van der Waals surface area contributed by atoms with E-state index in [1.165, 1.54) is 12.5 Å². The van der Waals surface area contributed by atoms with Gasteiger partial charge in [0.2, 0.25) is 0 Å². The van der Waals surface area contributed by atoms with E-state index in [4.69, 9.17) is 5.26 Å². The van der Waals surface area contributed by atoms with Crippen LogP contribution in [0, 0.1) is 11.3 Å². The molecule has 0 fully saturated rings. The minimum Gasteiger partial charge on any atom is -0.364 e. The fraction of sp³-hybridized carbons (Fsp3) is 0.0714. The number of aromatic nitrogens is 5. The molecule has 0 spiro atoms. The van der Waals surface area contributed by atoms with Gasteiger partial charge < -0.3 is 5.32 Å². The molecule has 0 unspecified atom stereocenters. The predicted molar refractivity (Wildman–Crippen MR) is 75.4 cm³/mol. The zero-order valence-electron chi connectivity index (χ0n) is 11.0. The first-order valence-corrected chi connectivity index (χ1v) is 6.26. The molecule has 0 atom stereocenters. The molecule has 7 heteroatoms. The monoisotopic (exact) mass is 277 g/mol. The molecule has 0 amide bonds. The number of anilines is 1. The molecule has 7 nitrogen and oxygen atoms in total. The number of hydrogen-bond acceptors (Lipinski definition) is 6. The maximum Gasteiger partial charge on any atom is 0.182 e. The lowest BCUT2D eigenvalue weighted by molar-refractivity contribution is 0.877. The van der Waals surface area contributed by atoms with Crippen molar-refractivity contribution in [1.82, 2.24) is 24.7 Å². The highest BCUT2D eigenvalue weighted by Gasteiger charge is 2.03. The van der Waals surface area contributed by atoms with Crippen LogP contribution in [0.1, 0.15) is 11.3 Å². The normalized spacial score (nSPS) is 10.0. The van der Waals surface area contributed by atoms with Crippen LogP contribution in [0.25, 0.3) is 5.69 Å². The Balaban J connectivity index is 1.70. The number of nitrogens with one attached hydrogen (secondary N) is 1. The summed E-state index contributed by atoms with van der Waals surface area (Å²) in [5.41, 5.74) is 2.29. The molecule has 2 heterocycles. The van der Waals surface area contributed by atoms with Gasteiger partial charge in [-0.2, -0.15) is 10.4 Å². The van der Waals surface area contributed by atoms with Gasteiger partial charge in [-0.05, 0) is 17.7 Å². The molecule has 21 heavy (non-hydrogen) atoms. The van der Waals surface area contributed by atoms with Gasteiger partial charge >= 0.3 is 0 Å². The molecule has 0 saturated heterocycles. The number of benzene rings is 1. The van der Waals surface area contributed by atoms with Gasteiger partial charge in [-0.3, -0.25) is 0 Å². The molecule has 1 aromatic carbocycles. The summed E-state index contributed by atoms with van der Waals surface area (Å²) in [5, 5.41) is 16.1. The molecule has 0 aliphatic heterocycles. The van der Waals surface area contributed by atoms with E-state index >= 15 is 0 Å². The minimum atomic E-state index is 0.289. The van der Waals surface area contributed by atoms with E-state index in [1.54, 1.807) is 17.2 Å². The Morgan fingerprint density at radius 3 is 2.67 bits per heavy atom. The van der Waals surface area contributed by atoms with Crippen LogP contribution in [0.3, 0.4) is 0 Å². The second-order valence-electron chi connectivity index (χ2n) is 4.23. The predicted octanol–water partition coefficient (Wildman–Crippen LogP) is 1.54. The van der Waals surface area contributed by atoms with Gasteiger partial charge in [0.15, 0.2) is 11.5 Å². The van der Waals surface area contributed by atoms with Crippen LogP contribution in [0.5, 0.6) is 0 Å². The minimum absolute atomic E-state index is 0.289. The van der Waals surface area contributed by atoms with Crippen molar-refractivity contribution in [3.63, 3.8) is 0 Å². The maximum atomic E-state index is 8.95. The molecular formula is C14H11N7. The molecule has 3 rings (SSSR count). The fourth-order valence-corrected chi connectivity index (χ4v) is 1.84. The molecule has 0 bridgehead atoms. The summed E-state index contributed by atoms with van der Waals surface area (Å²) < 4.78 is 1.69. The third kappa shape index (κ3) is 2.84. The summed E-state index contributed by atoms with van der Waals surface area (Å²) in [5.74, 6) is 0.486. The summed E-state index contributed by atoms with van der Waals surface area (Å²) in [6, 6.07) is 9.87. The average molecular weight is 277 g/mol. The van der Waals surface area contributed by atoms with Gasteiger partial charge in [0.1, 0.15) is 18.7 Å². The zero-order valence-corrected chi connectivity index (χ0v) is 11.0. The number of hydrogen-bond donors (Lipinski definition) is 1. The Hall–Kier alpha value is -3.27. The Kier molecular flexibility index (Phi) is 3.52. The fourth-order valence-electron chi connectivity index (χ4n) is 1.84. The lowest BCUT2D eigenvalue weighted by atomic mass is 10.2. The van der Waals surface area contributed by atoms with Crippen molar-refractivity contribution in [2.24, 2.45) is 0 Å². The summed E-state index contributed by atoms with van der Waals surface area (Å²) in [6.45, 7) is 0.561. The van der Waals surface area contributed by atoms with Crippen molar-refractivity contribution in [3.8, 4) is 11.8 Å². The van der Waals surface area contributed by atoms with E-state index in [-0.39, 0.29) is 5.69 Å². The highest BCUT2D eigenvalue weighted by Crippen LogP contribution is 2.11. The van der Waals surface area contributed by atoms with Crippen molar-refractivity contribution < 1.29 is 0 Å². The van der Waals surface area contributed by atoms with Crippen molar-refractivity contribution in [3.05, 3.63) is 60.6 Å². The zero-order chi connectivity index (χ0) is 14.5. The van der Waals surface area contributed by atoms with Crippen molar-refractivity contribution in [2.45, 2.75) is 6.54 Å². The largest absolute Gasteiger partial charge is 0.364 e. The molecule has 0 aliphatic rings. The number of nitrogens with zero attached hydrogens (tertiary/aromatic N) is 6. The summed E-state index contributed by atoms with van der Waals surface area (Å²) in [7, 11) is 0. The Bertz CT molecular complexity index is 757. The standard InChI is InChI=1S/C14H11N7/c15-7-13-14(18-6-5-17-13)19-8-11-1-3-12(4-2-11)21-10-16-9-20-21/h1-6,9-10H,8H2,(H,18,19). The number of nitriles is 1. The van der Waals surface area contributed by atoms with Gasteiger partial charge in [0.05, 0.1) is 5.69 Å². The Morgan fingerprint density at radius 1 is 1.14 bits per heavy atom. The molecule has 1 N–H and O–H groups in total. The average Bonchev–Trinajstić information content (AvgIpc) is 3.08. The first kappa shape index (κ1) is 12.7. The molecule has 102 valence electrons. The molecule has 3 aromatic rings. The highest BCUT2D eigenvalue weighted by molar-refractivity contribution is 5.47. The van der Waals surface area contributed by atoms with E-state index < -0.39 is 0 Å². The van der Waals surface area contributed by atoms with Crippen LogP contribution in [0.2, 0.25) is 0 Å². The van der Waals surface area contributed by atoms with Crippen LogP contribution in [-0.2, 0) is 6.54 Å². The third-order valence-electron chi connectivity index (χ3n) is 2.88. The second-order valence-corrected chi connectivity index (χ2v) is 4.23. The van der Waals surface area contributed by atoms with Crippen LogP contribution in [-0.4, -0.2) is 24.7 Å². The van der Waals surface area contributed by atoms with Crippen molar-refractivity contribution in [1.29, 1.82) is 5.26 Å². The van der Waals surface area contributed by atoms with Gasteiger partial charge in [-0.1, -0.05) is 12.1 Å². The van der Waals surface area contributed by atoms with Gasteiger partial charge in [0.25, 0.3) is 0 Å². The lowest BCUT2D eigenvalue weighted by Crippen LogP contribution is -2.04. The molecule has 0 aliphatic carbocycles. The Labute approximate surface area is 120 Å². The van der Waals surface area contributed by atoms with E-state index in [9.17, 15) is 0 Å². The van der Waals surface area contributed by atoms with Crippen LogP contribution < -0.4 is 5.32 Å². The second kappa shape index (κ2) is 5.79. The summed E-state index contributed by atoms with van der Waals surface area (Å²) in [6.07, 6.45) is 6.19. The van der Waals surface area contributed by atoms with Gasteiger partial charge in [-0.25, -0.2) is 19.6 Å². The summed E-state index contributed by atoms with van der Waals surface area (Å²) in [4.78, 5) is 12.0. The van der Waals surface area contributed by atoms with Crippen LogP contribution in [0.15, 0.2) is 49.3 Å². The SMILES string of the molecule is N#Cc1nccnc1NCc1ccc(-n2cncn2)cc1. The van der Waals surface area contributed by atoms with E-state index in [1.807, 2.05) is 30.3 Å². The van der Waals surface area contributed by atoms with Crippen LogP contribution >= 0.6 is 0 Å². The van der Waals surface area contributed by atoms with Crippen molar-refractivity contribution in [2.75, 3.05) is 5.32 Å². The molecular weight excluding hydrogens is 266 g/mol. The first-order valence-electron chi connectivity index (χ1n) is 6.26. The van der Waals surface area contributed by atoms with E-state index in [0.717, 1.165) is 11.3 Å². The van der Waals surface area contributed by atoms with Crippen LogP contribution in [0.4, 0.5) is 5.82 Å². The number of rotatable bonds is 4. The molecule has 0 radical (unpaired) electrons. The smallest absolute Gasteiger partial charge is 0.182 e. The molecule has 2 aromatic heterocycles. The summed E-state index contributed by atoms with van der Waals surface area (Å²) >= 11 is 0. The quantitative estimate of drug-likeness (QED) is 0.777. The van der Waals surface area contributed by atoms with Crippen molar-refractivity contribution >= 4 is 5.82 Å². The van der Waals surface area contributed by atoms with Gasteiger partial charge in [-0.15, -0.1) is 0 Å². The van der Waals surface area contributed by atoms with E-state index in [0.29, 0.717) is 12.4 Å². The molecule has 0 saturated carbocycles. The topological polar surface area (TPSA) is 92.3 Å². The highest BCUT2D eigenvalue weighted by atomic mass is 15.3. The maximum absolute atomic E-state index is 8.95. The third-order valence-corrected chi connectivity index (χ3v) is 2.88. The van der Waals surface area contributed by atoms with Gasteiger partial charge in [0, 0.05) is 18.9 Å². The van der Waals surface area contributed by atoms with E-state index in [2.05, 4.69) is 25.4 Å².